The number of amides is 1. The smallest absolute Gasteiger partial charge is 0.410 e. The van der Waals surface area contributed by atoms with Crippen molar-refractivity contribution in [2.75, 3.05) is 32.7 Å². The molecule has 1 amide bonds. The number of hydrogen-bond acceptors (Lipinski definition) is 7. The summed E-state index contributed by atoms with van der Waals surface area (Å²) in [5, 5.41) is 9.46. The van der Waals surface area contributed by atoms with E-state index in [1.807, 2.05) is 0 Å². The summed E-state index contributed by atoms with van der Waals surface area (Å²) in [4.78, 5) is 39.3. The first kappa shape index (κ1) is 22.2. The van der Waals surface area contributed by atoms with Gasteiger partial charge in [0, 0.05) is 32.7 Å². The zero-order chi connectivity index (χ0) is 20.3. The van der Waals surface area contributed by atoms with E-state index in [4.69, 9.17) is 15.2 Å². The van der Waals surface area contributed by atoms with Crippen LogP contribution in [0.25, 0.3) is 0 Å². The lowest BCUT2D eigenvalue weighted by molar-refractivity contribution is -0.170. The summed E-state index contributed by atoms with van der Waals surface area (Å²) in [7, 11) is 0. The molecule has 0 radical (unpaired) electrons. The van der Waals surface area contributed by atoms with Gasteiger partial charge in [0.25, 0.3) is 0 Å². The maximum atomic E-state index is 12.3. The van der Waals surface area contributed by atoms with Crippen LogP contribution in [0.3, 0.4) is 0 Å². The van der Waals surface area contributed by atoms with Crippen molar-refractivity contribution in [2.24, 2.45) is 5.73 Å². The Morgan fingerprint density at radius 2 is 1.38 bits per heavy atom. The van der Waals surface area contributed by atoms with Crippen molar-refractivity contribution in [1.29, 1.82) is 0 Å². The highest BCUT2D eigenvalue weighted by Gasteiger charge is 2.47. The monoisotopic (exact) mass is 373 g/mol. The molecule has 0 aromatic carbocycles. The van der Waals surface area contributed by atoms with Crippen LogP contribution in [0.5, 0.6) is 0 Å². The molecule has 9 heteroatoms. The summed E-state index contributed by atoms with van der Waals surface area (Å²) >= 11 is 0. The molecule has 0 saturated carbocycles. The van der Waals surface area contributed by atoms with Crippen molar-refractivity contribution in [1.82, 2.24) is 9.80 Å². The average molecular weight is 373 g/mol. The molecule has 0 aromatic heterocycles. The molecular weight excluding hydrogens is 342 g/mol. The number of nitrogens with zero attached hydrogens (tertiary/aromatic N) is 2. The van der Waals surface area contributed by atoms with Crippen LogP contribution >= 0.6 is 0 Å². The van der Waals surface area contributed by atoms with E-state index in [9.17, 15) is 19.5 Å². The van der Waals surface area contributed by atoms with E-state index in [1.165, 1.54) is 0 Å². The zero-order valence-electron chi connectivity index (χ0n) is 16.5. The van der Waals surface area contributed by atoms with E-state index >= 15 is 0 Å². The van der Waals surface area contributed by atoms with Crippen LogP contribution in [-0.2, 0) is 19.1 Å². The molecule has 0 spiro atoms. The highest BCUT2D eigenvalue weighted by atomic mass is 16.6. The summed E-state index contributed by atoms with van der Waals surface area (Å²) in [6, 6.07) is 0. The number of rotatable bonds is 4. The van der Waals surface area contributed by atoms with Crippen LogP contribution in [0.15, 0.2) is 0 Å². The normalized spacial score (nSPS) is 18.8. The zero-order valence-corrected chi connectivity index (χ0v) is 16.5. The van der Waals surface area contributed by atoms with Gasteiger partial charge in [0.1, 0.15) is 11.2 Å². The number of carbonyl (C=O) groups is 3. The summed E-state index contributed by atoms with van der Waals surface area (Å²) in [5.74, 6) is -2.42. The first-order chi connectivity index (χ1) is 11.6. The summed E-state index contributed by atoms with van der Waals surface area (Å²) < 4.78 is 10.5. The molecule has 9 nitrogen and oxygen atoms in total. The SMILES string of the molecule is CC(C)(C)OC(=O)N1CCN(C[C@](N)(C(=O)O)C(=O)OC(C)(C)C)CC1. The number of aliphatic carboxylic acids is 1. The molecule has 1 fully saturated rings. The summed E-state index contributed by atoms with van der Waals surface area (Å²) in [6.07, 6.45) is -0.415. The van der Waals surface area contributed by atoms with Gasteiger partial charge in [-0.3, -0.25) is 4.90 Å². The van der Waals surface area contributed by atoms with Crippen molar-refractivity contribution in [2.45, 2.75) is 58.3 Å². The molecule has 1 rings (SSSR count). The quantitative estimate of drug-likeness (QED) is 0.544. The highest BCUT2D eigenvalue weighted by molar-refractivity contribution is 6.04. The number of carboxylic acid groups (broad SMARTS) is 1. The second-order valence-electron chi connectivity index (χ2n) is 8.52. The van der Waals surface area contributed by atoms with E-state index < -0.39 is 34.8 Å². The van der Waals surface area contributed by atoms with Crippen molar-refractivity contribution >= 4 is 18.0 Å². The molecule has 1 aliphatic heterocycles. The van der Waals surface area contributed by atoms with Gasteiger partial charge in [-0.25, -0.2) is 14.4 Å². The van der Waals surface area contributed by atoms with Gasteiger partial charge in [-0.2, -0.15) is 0 Å². The van der Waals surface area contributed by atoms with Crippen LogP contribution < -0.4 is 5.73 Å². The third-order valence-electron chi connectivity index (χ3n) is 3.64. The lowest BCUT2D eigenvalue weighted by atomic mass is 9.99. The predicted octanol–water partition coefficient (Wildman–Crippen LogP) is 0.663. The first-order valence-corrected chi connectivity index (χ1v) is 8.60. The fraction of sp³-hybridized carbons (Fsp3) is 0.824. The molecule has 0 unspecified atom stereocenters. The van der Waals surface area contributed by atoms with E-state index in [2.05, 4.69) is 0 Å². The van der Waals surface area contributed by atoms with Crippen LogP contribution in [0.1, 0.15) is 41.5 Å². The molecule has 3 N–H and O–H groups in total. The van der Waals surface area contributed by atoms with Crippen molar-refractivity contribution in [3.8, 4) is 0 Å². The number of hydrogen-bond donors (Lipinski definition) is 2. The molecule has 1 atom stereocenters. The van der Waals surface area contributed by atoms with Crippen molar-refractivity contribution in [3.63, 3.8) is 0 Å². The largest absolute Gasteiger partial charge is 0.479 e. The van der Waals surface area contributed by atoms with Crippen LogP contribution in [0.4, 0.5) is 4.79 Å². The molecule has 150 valence electrons. The number of piperazine rings is 1. The maximum Gasteiger partial charge on any atom is 0.410 e. The minimum absolute atomic E-state index is 0.195. The Morgan fingerprint density at radius 1 is 0.923 bits per heavy atom. The Balaban J connectivity index is 2.69. The Labute approximate surface area is 154 Å². The number of nitrogens with two attached hydrogens (primary N) is 1. The fourth-order valence-electron chi connectivity index (χ4n) is 2.36. The molecule has 0 aliphatic carbocycles. The third kappa shape index (κ3) is 6.45. The van der Waals surface area contributed by atoms with Crippen LogP contribution in [0, 0.1) is 0 Å². The van der Waals surface area contributed by atoms with Crippen molar-refractivity contribution in [3.05, 3.63) is 0 Å². The second kappa shape index (κ2) is 7.79. The van der Waals surface area contributed by atoms with Gasteiger partial charge in [-0.1, -0.05) is 0 Å². The van der Waals surface area contributed by atoms with Gasteiger partial charge in [0.15, 0.2) is 0 Å². The Hall–Kier alpha value is -1.87. The van der Waals surface area contributed by atoms with E-state index in [0.29, 0.717) is 26.2 Å². The Kier molecular flexibility index (Phi) is 6.64. The van der Waals surface area contributed by atoms with E-state index in [1.54, 1.807) is 51.3 Å². The van der Waals surface area contributed by atoms with Crippen LogP contribution in [0.2, 0.25) is 0 Å². The molecule has 1 heterocycles. The average Bonchev–Trinajstić information content (AvgIpc) is 2.43. The highest BCUT2D eigenvalue weighted by Crippen LogP contribution is 2.17. The number of carboxylic acids is 1. The number of ether oxygens (including phenoxy) is 2. The maximum absolute atomic E-state index is 12.3. The van der Waals surface area contributed by atoms with Gasteiger partial charge in [-0.15, -0.1) is 0 Å². The third-order valence-corrected chi connectivity index (χ3v) is 3.64. The predicted molar refractivity (Wildman–Crippen MR) is 94.6 cm³/mol. The van der Waals surface area contributed by atoms with Gasteiger partial charge < -0.3 is 25.2 Å². The minimum Gasteiger partial charge on any atom is -0.479 e. The molecule has 1 saturated heterocycles. The second-order valence-corrected chi connectivity index (χ2v) is 8.52. The standard InChI is InChI=1S/C17H31N3O6/c1-15(2,3)25-13(23)17(18,12(21)22)11-19-7-9-20(10-8-19)14(24)26-16(4,5)6/h7-11,18H2,1-6H3,(H,21,22)/t17-/m0/s1. The van der Waals surface area contributed by atoms with Gasteiger partial charge >= 0.3 is 18.0 Å². The summed E-state index contributed by atoms with van der Waals surface area (Å²) in [6.45, 7) is 11.6. The summed E-state index contributed by atoms with van der Waals surface area (Å²) in [5.41, 5.74) is 2.29. The molecule has 0 bridgehead atoms. The number of esters is 1. The van der Waals surface area contributed by atoms with E-state index in [-0.39, 0.29) is 6.54 Å². The Bertz CT molecular complexity index is 544. The van der Waals surface area contributed by atoms with Gasteiger partial charge in [0.2, 0.25) is 5.54 Å². The fourth-order valence-corrected chi connectivity index (χ4v) is 2.36. The topological polar surface area (TPSA) is 122 Å². The Morgan fingerprint density at radius 3 is 1.77 bits per heavy atom. The van der Waals surface area contributed by atoms with Crippen molar-refractivity contribution < 1.29 is 29.0 Å². The lowest BCUT2D eigenvalue weighted by Crippen LogP contribution is -2.65. The first-order valence-electron chi connectivity index (χ1n) is 8.60. The molecule has 0 aromatic rings. The van der Waals surface area contributed by atoms with Gasteiger partial charge in [0.05, 0.1) is 0 Å². The molecular formula is C17H31N3O6. The number of carbonyl (C=O) groups excluding carboxylic acids is 2. The molecule has 26 heavy (non-hydrogen) atoms. The van der Waals surface area contributed by atoms with E-state index in [0.717, 1.165) is 0 Å². The van der Waals surface area contributed by atoms with Crippen LogP contribution in [-0.4, -0.2) is 82.4 Å². The molecule has 1 aliphatic rings. The minimum atomic E-state index is -2.17. The lowest BCUT2D eigenvalue weighted by Gasteiger charge is -2.38. The van der Waals surface area contributed by atoms with Gasteiger partial charge in [-0.05, 0) is 41.5 Å².